The lowest BCUT2D eigenvalue weighted by molar-refractivity contribution is 0.0989. The van der Waals surface area contributed by atoms with Gasteiger partial charge >= 0.3 is 0 Å². The maximum atomic E-state index is 13.1. The average molecular weight is 472 g/mol. The van der Waals surface area contributed by atoms with Gasteiger partial charge in [-0.3, -0.25) is 9.69 Å². The van der Waals surface area contributed by atoms with E-state index in [0.717, 1.165) is 14.8 Å². The summed E-state index contributed by atoms with van der Waals surface area (Å²) in [4.78, 5) is 14.8. The van der Waals surface area contributed by atoms with Gasteiger partial charge in [0.05, 0.1) is 12.1 Å². The van der Waals surface area contributed by atoms with Crippen LogP contribution in [0.5, 0.6) is 0 Å². The molecular formula is C22H15ClINO. The number of halogens is 2. The minimum absolute atomic E-state index is 0.0976. The lowest BCUT2D eigenvalue weighted by Gasteiger charge is -2.21. The Morgan fingerprint density at radius 1 is 0.962 bits per heavy atom. The van der Waals surface area contributed by atoms with Gasteiger partial charge in [-0.25, -0.2) is 0 Å². The van der Waals surface area contributed by atoms with Crippen LogP contribution in [0.4, 0.5) is 5.69 Å². The molecule has 3 aromatic rings. The third-order valence-corrected chi connectivity index (χ3v) is 4.89. The van der Waals surface area contributed by atoms with Crippen LogP contribution in [0.25, 0.3) is 0 Å². The van der Waals surface area contributed by atoms with Crippen LogP contribution < -0.4 is 4.90 Å². The van der Waals surface area contributed by atoms with Crippen LogP contribution in [0, 0.1) is 15.4 Å². The first-order chi connectivity index (χ1) is 12.6. The van der Waals surface area contributed by atoms with E-state index < -0.39 is 0 Å². The second kappa shape index (κ2) is 8.88. The van der Waals surface area contributed by atoms with Gasteiger partial charge in [0.1, 0.15) is 0 Å². The fourth-order valence-corrected chi connectivity index (χ4v) is 3.25. The van der Waals surface area contributed by atoms with Gasteiger partial charge in [-0.05, 0) is 65.1 Å². The third kappa shape index (κ3) is 4.66. The van der Waals surface area contributed by atoms with Gasteiger partial charge < -0.3 is 0 Å². The first-order valence-electron chi connectivity index (χ1n) is 8.01. The van der Waals surface area contributed by atoms with Gasteiger partial charge in [-0.1, -0.05) is 59.8 Å². The molecular weight excluding hydrogens is 457 g/mol. The topological polar surface area (TPSA) is 20.3 Å². The van der Waals surface area contributed by atoms with Crippen molar-refractivity contribution in [3.8, 4) is 11.8 Å². The Bertz CT molecular complexity index is 976. The maximum absolute atomic E-state index is 13.1. The molecule has 2 nitrogen and oxygen atoms in total. The van der Waals surface area contributed by atoms with Crippen LogP contribution in [-0.4, -0.2) is 12.5 Å². The number of amides is 1. The molecule has 4 heteroatoms. The summed E-state index contributed by atoms with van der Waals surface area (Å²) in [7, 11) is 0. The summed E-state index contributed by atoms with van der Waals surface area (Å²) < 4.78 is 0.901. The summed E-state index contributed by atoms with van der Waals surface area (Å²) in [6.45, 7) is 0.277. The summed E-state index contributed by atoms with van der Waals surface area (Å²) in [6.07, 6.45) is 0. The van der Waals surface area contributed by atoms with E-state index in [1.807, 2.05) is 66.7 Å². The molecule has 0 aliphatic carbocycles. The molecule has 0 saturated carbocycles. The van der Waals surface area contributed by atoms with Crippen molar-refractivity contribution >= 4 is 45.8 Å². The lowest BCUT2D eigenvalue weighted by atomic mass is 10.1. The first kappa shape index (κ1) is 18.5. The van der Waals surface area contributed by atoms with Crippen molar-refractivity contribution in [1.82, 2.24) is 0 Å². The summed E-state index contributed by atoms with van der Waals surface area (Å²) in [5.74, 6) is 6.10. The summed E-state index contributed by atoms with van der Waals surface area (Å²) in [6, 6.07) is 24.5. The van der Waals surface area contributed by atoms with Crippen LogP contribution in [0.15, 0.2) is 78.9 Å². The number of anilines is 1. The highest BCUT2D eigenvalue weighted by molar-refractivity contribution is 14.1. The SMILES string of the molecule is O=C(c1ccccc1I)N(CC#Cc1ccccc1)c1cccc(Cl)c1. The van der Waals surface area contributed by atoms with E-state index in [1.165, 1.54) is 0 Å². The molecule has 0 fully saturated rings. The van der Waals surface area contributed by atoms with Crippen LogP contribution >= 0.6 is 34.2 Å². The van der Waals surface area contributed by atoms with Crippen molar-refractivity contribution in [1.29, 1.82) is 0 Å². The summed E-state index contributed by atoms with van der Waals surface area (Å²) in [5.41, 5.74) is 2.29. The average Bonchev–Trinajstić information content (AvgIpc) is 2.66. The molecule has 0 radical (unpaired) electrons. The Hall–Kier alpha value is -2.29. The molecule has 26 heavy (non-hydrogen) atoms. The van der Waals surface area contributed by atoms with Gasteiger partial charge in [-0.15, -0.1) is 0 Å². The van der Waals surface area contributed by atoms with E-state index in [1.54, 1.807) is 17.0 Å². The highest BCUT2D eigenvalue weighted by atomic mass is 127. The number of carbonyl (C=O) groups is 1. The zero-order valence-electron chi connectivity index (χ0n) is 13.8. The number of nitrogens with zero attached hydrogens (tertiary/aromatic N) is 1. The number of hydrogen-bond donors (Lipinski definition) is 0. The van der Waals surface area contributed by atoms with Crippen LogP contribution in [-0.2, 0) is 0 Å². The molecule has 0 N–H and O–H groups in total. The Labute approximate surface area is 171 Å². The zero-order chi connectivity index (χ0) is 18.4. The van der Waals surface area contributed by atoms with Gasteiger partial charge in [0.15, 0.2) is 0 Å². The molecule has 3 rings (SSSR count). The fourth-order valence-electron chi connectivity index (χ4n) is 2.45. The first-order valence-corrected chi connectivity index (χ1v) is 9.47. The normalized spacial score (nSPS) is 9.92. The Morgan fingerprint density at radius 3 is 2.42 bits per heavy atom. The van der Waals surface area contributed by atoms with Crippen LogP contribution in [0.3, 0.4) is 0 Å². The van der Waals surface area contributed by atoms with Gasteiger partial charge in [-0.2, -0.15) is 0 Å². The number of rotatable bonds is 3. The molecule has 0 aliphatic rings. The number of hydrogen-bond acceptors (Lipinski definition) is 1. The predicted octanol–water partition coefficient (Wildman–Crippen LogP) is 5.64. The Kier molecular flexibility index (Phi) is 6.32. The van der Waals surface area contributed by atoms with E-state index in [-0.39, 0.29) is 12.5 Å². The quantitative estimate of drug-likeness (QED) is 0.357. The largest absolute Gasteiger partial charge is 0.297 e. The molecule has 1 amide bonds. The fraction of sp³-hybridized carbons (Fsp3) is 0.0455. The van der Waals surface area contributed by atoms with E-state index in [9.17, 15) is 4.79 Å². The molecule has 0 saturated heterocycles. The van der Waals surface area contributed by atoms with Crippen molar-refractivity contribution < 1.29 is 4.79 Å². The van der Waals surface area contributed by atoms with Crippen molar-refractivity contribution in [3.63, 3.8) is 0 Å². The predicted molar refractivity (Wildman–Crippen MR) is 116 cm³/mol. The van der Waals surface area contributed by atoms with Crippen LogP contribution in [0.1, 0.15) is 15.9 Å². The van der Waals surface area contributed by atoms with E-state index in [0.29, 0.717) is 10.6 Å². The molecule has 128 valence electrons. The maximum Gasteiger partial charge on any atom is 0.260 e. The zero-order valence-corrected chi connectivity index (χ0v) is 16.7. The molecule has 0 atom stereocenters. The third-order valence-electron chi connectivity index (χ3n) is 3.71. The second-order valence-electron chi connectivity index (χ2n) is 5.52. The Morgan fingerprint density at radius 2 is 1.69 bits per heavy atom. The minimum Gasteiger partial charge on any atom is -0.297 e. The molecule has 0 unspecified atom stereocenters. The summed E-state index contributed by atoms with van der Waals surface area (Å²) >= 11 is 8.30. The number of benzene rings is 3. The second-order valence-corrected chi connectivity index (χ2v) is 7.12. The van der Waals surface area contributed by atoms with E-state index in [4.69, 9.17) is 11.6 Å². The van der Waals surface area contributed by atoms with Gasteiger partial charge in [0, 0.05) is 19.8 Å². The van der Waals surface area contributed by atoms with Gasteiger partial charge in [0.2, 0.25) is 0 Å². The van der Waals surface area contributed by atoms with Crippen molar-refractivity contribution in [2.24, 2.45) is 0 Å². The number of carbonyl (C=O) groups excluding carboxylic acids is 1. The van der Waals surface area contributed by atoms with E-state index in [2.05, 4.69) is 34.4 Å². The lowest BCUT2D eigenvalue weighted by Crippen LogP contribution is -2.32. The summed E-state index contributed by atoms with van der Waals surface area (Å²) in [5, 5.41) is 0.582. The molecule has 0 aromatic heterocycles. The smallest absolute Gasteiger partial charge is 0.260 e. The van der Waals surface area contributed by atoms with Crippen molar-refractivity contribution in [2.75, 3.05) is 11.4 Å². The van der Waals surface area contributed by atoms with E-state index >= 15 is 0 Å². The van der Waals surface area contributed by atoms with Gasteiger partial charge in [0.25, 0.3) is 5.91 Å². The Balaban J connectivity index is 1.93. The highest BCUT2D eigenvalue weighted by Gasteiger charge is 2.19. The molecule has 0 spiro atoms. The molecule has 0 aliphatic heterocycles. The monoisotopic (exact) mass is 471 g/mol. The van der Waals surface area contributed by atoms with Crippen molar-refractivity contribution in [2.45, 2.75) is 0 Å². The standard InChI is InChI=1S/C22H15ClINO/c23-18-11-6-12-19(16-18)25(15-7-10-17-8-2-1-3-9-17)22(26)20-13-4-5-14-21(20)24/h1-6,8-9,11-14,16H,15H2. The highest BCUT2D eigenvalue weighted by Crippen LogP contribution is 2.23. The molecule has 3 aromatic carbocycles. The van der Waals surface area contributed by atoms with Crippen molar-refractivity contribution in [3.05, 3.63) is 98.6 Å². The molecule has 0 heterocycles. The molecule has 0 bridgehead atoms. The minimum atomic E-state index is -0.0976. The van der Waals surface area contributed by atoms with Crippen LogP contribution in [0.2, 0.25) is 5.02 Å².